The molecule has 9 nitrogen and oxygen atoms in total. The van der Waals surface area contributed by atoms with E-state index < -0.39 is 42.0 Å². The number of benzene rings is 1. The smallest absolute Gasteiger partial charge is 0.249 e. The molecule has 0 aliphatic rings. The van der Waals surface area contributed by atoms with E-state index in [0.717, 1.165) is 5.56 Å². The lowest BCUT2D eigenvalue weighted by Crippen LogP contribution is -2.58. The maximum Gasteiger partial charge on any atom is 0.249 e. The van der Waals surface area contributed by atoms with Crippen LogP contribution in [0.4, 0.5) is 0 Å². The summed E-state index contributed by atoms with van der Waals surface area (Å²) in [6, 6.07) is 6.33. The van der Waals surface area contributed by atoms with E-state index in [1.54, 1.807) is 6.08 Å². The van der Waals surface area contributed by atoms with Crippen molar-refractivity contribution < 1.29 is 24.3 Å². The normalized spacial score (nSPS) is 14.9. The van der Waals surface area contributed by atoms with Crippen molar-refractivity contribution in [3.8, 4) is 0 Å². The van der Waals surface area contributed by atoms with Gasteiger partial charge in [-0.2, -0.15) is 0 Å². The first kappa shape index (κ1) is 29.6. The van der Waals surface area contributed by atoms with Crippen LogP contribution in [-0.4, -0.2) is 59.5 Å². The fraction of sp³-hybridized carbons (Fsp3) is 0.462. The predicted molar refractivity (Wildman–Crippen MR) is 135 cm³/mol. The lowest BCUT2D eigenvalue weighted by molar-refractivity contribution is -0.135. The number of hydrogen-bond donors (Lipinski definition) is 5. The van der Waals surface area contributed by atoms with E-state index in [9.17, 15) is 24.3 Å². The lowest BCUT2D eigenvalue weighted by atomic mass is 9.97. The van der Waals surface area contributed by atoms with Crippen LogP contribution in [0.15, 0.2) is 55.6 Å². The molecule has 192 valence electrons. The van der Waals surface area contributed by atoms with Crippen molar-refractivity contribution in [3.05, 3.63) is 61.2 Å². The summed E-state index contributed by atoms with van der Waals surface area (Å²) >= 11 is 0. The zero-order chi connectivity index (χ0) is 26.4. The van der Waals surface area contributed by atoms with E-state index in [2.05, 4.69) is 34.4 Å². The molecule has 0 heterocycles. The Morgan fingerprint density at radius 3 is 2.14 bits per heavy atom. The number of hydrogen-bond acceptors (Lipinski definition) is 5. The third-order valence-corrected chi connectivity index (χ3v) is 5.57. The number of carbonyl (C=O) groups excluding carboxylic acids is 4. The van der Waals surface area contributed by atoms with Crippen LogP contribution in [-0.2, 0) is 25.6 Å². The Morgan fingerprint density at radius 2 is 1.57 bits per heavy atom. The van der Waals surface area contributed by atoms with Crippen molar-refractivity contribution in [2.24, 2.45) is 5.92 Å². The first-order valence-corrected chi connectivity index (χ1v) is 11.8. The maximum atomic E-state index is 13.3. The van der Waals surface area contributed by atoms with Crippen molar-refractivity contribution in [3.63, 3.8) is 0 Å². The van der Waals surface area contributed by atoms with Crippen molar-refractivity contribution >= 4 is 23.6 Å². The molecular weight excluding hydrogens is 448 g/mol. The summed E-state index contributed by atoms with van der Waals surface area (Å²) in [6.07, 6.45) is 2.50. The highest BCUT2D eigenvalue weighted by Gasteiger charge is 2.31. The van der Waals surface area contributed by atoms with Crippen LogP contribution in [0.5, 0.6) is 0 Å². The summed E-state index contributed by atoms with van der Waals surface area (Å²) < 4.78 is 0. The van der Waals surface area contributed by atoms with E-state index in [1.165, 1.54) is 13.0 Å². The molecule has 0 bridgehead atoms. The summed E-state index contributed by atoms with van der Waals surface area (Å²) in [7, 11) is 0. The van der Waals surface area contributed by atoms with Crippen molar-refractivity contribution in [1.29, 1.82) is 0 Å². The number of aliphatic hydroxyl groups is 1. The Kier molecular flexibility index (Phi) is 13.0. The topological polar surface area (TPSA) is 137 Å². The highest BCUT2D eigenvalue weighted by atomic mass is 16.3. The van der Waals surface area contributed by atoms with Crippen LogP contribution in [0.25, 0.3) is 0 Å². The highest BCUT2D eigenvalue weighted by molar-refractivity contribution is 5.94. The molecule has 0 saturated heterocycles. The maximum absolute atomic E-state index is 13.3. The first-order chi connectivity index (χ1) is 16.6. The number of amides is 4. The van der Waals surface area contributed by atoms with Crippen molar-refractivity contribution in [1.82, 2.24) is 21.3 Å². The third kappa shape index (κ3) is 10.1. The van der Waals surface area contributed by atoms with Crippen LogP contribution in [0.1, 0.15) is 39.2 Å². The molecule has 0 unspecified atom stereocenters. The van der Waals surface area contributed by atoms with Crippen molar-refractivity contribution in [2.45, 2.75) is 64.3 Å². The van der Waals surface area contributed by atoms with Gasteiger partial charge in [0.1, 0.15) is 24.2 Å². The van der Waals surface area contributed by atoms with Crippen LogP contribution >= 0.6 is 0 Å². The molecular formula is C26H38N4O5. The summed E-state index contributed by atoms with van der Waals surface area (Å²) in [5, 5.41) is 20.4. The van der Waals surface area contributed by atoms with Crippen LogP contribution in [0, 0.1) is 5.92 Å². The Labute approximate surface area is 207 Å². The SMILES string of the molecule is C=CCNC(=O)[C@@H](NC(=O)[C@H](Cc1ccccc1)NC(=O)[C@H](C)NC(=O)[C@H](O)CC=C)[C@@H](C)CC. The molecule has 1 aromatic rings. The molecule has 1 rings (SSSR count). The summed E-state index contributed by atoms with van der Waals surface area (Å²) in [5.74, 6) is -2.33. The number of aliphatic hydroxyl groups excluding tert-OH is 1. The zero-order valence-electron chi connectivity index (χ0n) is 20.8. The monoisotopic (exact) mass is 486 g/mol. The van der Waals surface area contributed by atoms with E-state index >= 15 is 0 Å². The van der Waals surface area contributed by atoms with Gasteiger partial charge in [0.2, 0.25) is 23.6 Å². The molecule has 0 aliphatic heterocycles. The minimum Gasteiger partial charge on any atom is -0.383 e. The molecule has 0 aromatic heterocycles. The van der Waals surface area contributed by atoms with Gasteiger partial charge in [0.15, 0.2) is 0 Å². The van der Waals surface area contributed by atoms with E-state index in [0.29, 0.717) is 6.42 Å². The zero-order valence-corrected chi connectivity index (χ0v) is 20.8. The molecule has 0 saturated carbocycles. The van der Waals surface area contributed by atoms with Crippen LogP contribution in [0.3, 0.4) is 0 Å². The van der Waals surface area contributed by atoms with Crippen molar-refractivity contribution in [2.75, 3.05) is 6.54 Å². The predicted octanol–water partition coefficient (Wildman–Crippen LogP) is 0.989. The second-order valence-electron chi connectivity index (χ2n) is 8.43. The molecule has 5 N–H and O–H groups in total. The molecule has 9 heteroatoms. The van der Waals surface area contributed by atoms with Crippen LogP contribution in [0.2, 0.25) is 0 Å². The fourth-order valence-corrected chi connectivity index (χ4v) is 3.23. The minimum absolute atomic E-state index is 0.0458. The molecule has 1 aromatic carbocycles. The molecule has 35 heavy (non-hydrogen) atoms. The van der Waals surface area contributed by atoms with Gasteiger partial charge in [-0.25, -0.2) is 0 Å². The van der Waals surface area contributed by atoms with Gasteiger partial charge in [0, 0.05) is 19.4 Å². The summed E-state index contributed by atoms with van der Waals surface area (Å²) in [6.45, 7) is 12.5. The van der Waals surface area contributed by atoms with Gasteiger partial charge in [-0.05, 0) is 18.4 Å². The largest absolute Gasteiger partial charge is 0.383 e. The van der Waals surface area contributed by atoms with Gasteiger partial charge in [-0.1, -0.05) is 62.8 Å². The van der Waals surface area contributed by atoms with Gasteiger partial charge in [-0.15, -0.1) is 13.2 Å². The molecule has 0 radical (unpaired) electrons. The average molecular weight is 487 g/mol. The summed E-state index contributed by atoms with van der Waals surface area (Å²) in [5.41, 5.74) is 0.808. The van der Waals surface area contributed by atoms with E-state index in [1.807, 2.05) is 44.2 Å². The standard InChI is InChI=1S/C26H38N4O5/c1-6-12-21(31)25(34)28-18(5)23(32)29-20(16-19-13-10-9-11-14-19)24(33)30-22(17(4)8-3)26(35)27-15-7-2/h6-7,9-11,13-14,17-18,20-22,31H,1-2,8,12,15-16H2,3-5H3,(H,27,35)(H,28,34)(H,29,32)(H,30,33)/t17-,18-,20-,21+,22-/m0/s1. The second kappa shape index (κ2) is 15.4. The van der Waals surface area contributed by atoms with Gasteiger partial charge in [0.25, 0.3) is 0 Å². The van der Waals surface area contributed by atoms with Gasteiger partial charge < -0.3 is 26.4 Å². The number of nitrogens with one attached hydrogen (secondary N) is 4. The molecule has 0 aliphatic carbocycles. The highest BCUT2D eigenvalue weighted by Crippen LogP contribution is 2.10. The Balaban J connectivity index is 3.03. The Morgan fingerprint density at radius 1 is 0.914 bits per heavy atom. The first-order valence-electron chi connectivity index (χ1n) is 11.8. The van der Waals surface area contributed by atoms with Gasteiger partial charge in [0.05, 0.1) is 0 Å². The molecule has 4 amide bonds. The number of rotatable bonds is 15. The average Bonchev–Trinajstić information content (AvgIpc) is 2.85. The lowest BCUT2D eigenvalue weighted by Gasteiger charge is -2.27. The molecule has 0 spiro atoms. The van der Waals surface area contributed by atoms with Gasteiger partial charge in [-0.3, -0.25) is 19.2 Å². The third-order valence-electron chi connectivity index (χ3n) is 5.57. The van der Waals surface area contributed by atoms with E-state index in [4.69, 9.17) is 0 Å². The van der Waals surface area contributed by atoms with Crippen LogP contribution < -0.4 is 21.3 Å². The molecule has 5 atom stereocenters. The fourth-order valence-electron chi connectivity index (χ4n) is 3.23. The quantitative estimate of drug-likeness (QED) is 0.236. The minimum atomic E-state index is -1.32. The van der Waals surface area contributed by atoms with Gasteiger partial charge >= 0.3 is 0 Å². The Bertz CT molecular complexity index is 874. The number of carbonyl (C=O) groups is 4. The summed E-state index contributed by atoms with van der Waals surface area (Å²) in [4.78, 5) is 50.8. The molecule has 0 fully saturated rings. The second-order valence-corrected chi connectivity index (χ2v) is 8.43. The Hall–Kier alpha value is -3.46. The van der Waals surface area contributed by atoms with E-state index in [-0.39, 0.29) is 31.2 Å².